The first-order valence-corrected chi connectivity index (χ1v) is 8.68. The van der Waals surface area contributed by atoms with E-state index in [2.05, 4.69) is 30.9 Å². The first kappa shape index (κ1) is 17.5. The Balaban J connectivity index is 1.81. The van der Waals surface area contributed by atoms with Crippen molar-refractivity contribution >= 4 is 5.97 Å². The van der Waals surface area contributed by atoms with Gasteiger partial charge in [-0.25, -0.2) is 5.10 Å². The lowest BCUT2D eigenvalue weighted by Gasteiger charge is -2.24. The molecule has 1 saturated heterocycles. The molecule has 3 N–H and O–H groups in total. The molecule has 0 saturated carbocycles. The van der Waals surface area contributed by atoms with E-state index >= 15 is 0 Å². The van der Waals surface area contributed by atoms with Gasteiger partial charge >= 0.3 is 5.97 Å². The van der Waals surface area contributed by atoms with Crippen LogP contribution in [0.2, 0.25) is 0 Å². The van der Waals surface area contributed by atoms with Crippen molar-refractivity contribution in [2.45, 2.75) is 38.5 Å². The molecule has 0 bridgehead atoms. The number of pyridine rings is 1. The summed E-state index contributed by atoms with van der Waals surface area (Å²) >= 11 is 0. The summed E-state index contributed by atoms with van der Waals surface area (Å²) < 4.78 is 0. The van der Waals surface area contributed by atoms with E-state index < -0.39 is 11.9 Å². The second-order valence-corrected chi connectivity index (χ2v) is 6.99. The lowest BCUT2D eigenvalue weighted by atomic mass is 9.79. The molecular weight excluding hydrogens is 320 g/mol. The van der Waals surface area contributed by atoms with Gasteiger partial charge in [-0.05, 0) is 47.4 Å². The maximum atomic E-state index is 11.8. The van der Waals surface area contributed by atoms with Gasteiger partial charge in [0.1, 0.15) is 0 Å². The lowest BCUT2D eigenvalue weighted by Crippen LogP contribution is -2.29. The van der Waals surface area contributed by atoms with Gasteiger partial charge in [-0.2, -0.15) is 0 Å². The Morgan fingerprint density at radius 2 is 2.24 bits per heavy atom. The Morgan fingerprint density at radius 3 is 2.76 bits per heavy atom. The number of aliphatic carboxylic acids is 1. The number of hydrogen-bond donors (Lipinski definition) is 3. The van der Waals surface area contributed by atoms with Crippen LogP contribution < -0.4 is 5.32 Å². The highest BCUT2D eigenvalue weighted by atomic mass is 16.4. The molecule has 3 rings (SSSR count). The molecule has 1 aliphatic heterocycles. The highest BCUT2D eigenvalue weighted by Crippen LogP contribution is 2.32. The summed E-state index contributed by atoms with van der Waals surface area (Å²) in [5, 5.41) is 27.0. The normalized spacial score (nSPS) is 19.9. The third kappa shape index (κ3) is 4.01. The summed E-state index contributed by atoms with van der Waals surface area (Å²) in [5.74, 6) is -0.805. The molecule has 3 heterocycles. The molecule has 0 radical (unpaired) electrons. The molecule has 3 atom stereocenters. The maximum absolute atomic E-state index is 11.8. The SMILES string of the molecule is CC(C)[C@H](C(=O)O)[C@H](Cc1ccc(C2CCNC2)nc1)c1nnn[nH]1. The number of aromatic nitrogens is 5. The minimum Gasteiger partial charge on any atom is -0.481 e. The average molecular weight is 344 g/mol. The van der Waals surface area contributed by atoms with Gasteiger partial charge in [0.15, 0.2) is 5.82 Å². The number of H-pyrrole nitrogens is 1. The molecule has 134 valence electrons. The van der Waals surface area contributed by atoms with Crippen molar-refractivity contribution in [2.75, 3.05) is 13.1 Å². The van der Waals surface area contributed by atoms with E-state index in [-0.39, 0.29) is 11.8 Å². The molecule has 1 unspecified atom stereocenters. The Hall–Kier alpha value is -2.35. The van der Waals surface area contributed by atoms with Gasteiger partial charge in [0, 0.05) is 30.3 Å². The van der Waals surface area contributed by atoms with E-state index in [4.69, 9.17) is 0 Å². The second kappa shape index (κ2) is 7.69. The van der Waals surface area contributed by atoms with Crippen LogP contribution in [-0.4, -0.2) is 49.8 Å². The Kier molecular flexibility index (Phi) is 5.37. The summed E-state index contributed by atoms with van der Waals surface area (Å²) in [5.41, 5.74) is 2.08. The summed E-state index contributed by atoms with van der Waals surface area (Å²) in [6.45, 7) is 5.81. The van der Waals surface area contributed by atoms with Gasteiger partial charge in [0.05, 0.1) is 5.92 Å². The number of carboxylic acids is 1. The molecule has 0 spiro atoms. The van der Waals surface area contributed by atoms with Crippen LogP contribution in [-0.2, 0) is 11.2 Å². The Bertz CT molecular complexity index is 680. The van der Waals surface area contributed by atoms with Crippen LogP contribution in [0.4, 0.5) is 0 Å². The van der Waals surface area contributed by atoms with Crippen LogP contribution in [0.1, 0.15) is 49.2 Å². The molecule has 0 aromatic carbocycles. The number of nitrogens with zero attached hydrogens (tertiary/aromatic N) is 4. The van der Waals surface area contributed by atoms with Crippen LogP contribution in [0, 0.1) is 11.8 Å². The summed E-state index contributed by atoms with van der Waals surface area (Å²) in [6, 6.07) is 4.09. The third-order valence-electron chi connectivity index (χ3n) is 4.93. The fraction of sp³-hybridized carbons (Fsp3) is 0.588. The second-order valence-electron chi connectivity index (χ2n) is 6.99. The molecule has 0 aliphatic carbocycles. The predicted molar refractivity (Wildman–Crippen MR) is 91.1 cm³/mol. The number of carboxylic acid groups (broad SMARTS) is 1. The maximum Gasteiger partial charge on any atom is 0.307 e. The Labute approximate surface area is 146 Å². The van der Waals surface area contributed by atoms with Crippen LogP contribution in [0.15, 0.2) is 18.3 Å². The Morgan fingerprint density at radius 1 is 1.40 bits per heavy atom. The smallest absolute Gasteiger partial charge is 0.307 e. The van der Waals surface area contributed by atoms with E-state index in [1.165, 1.54) is 0 Å². The quantitative estimate of drug-likeness (QED) is 0.694. The molecular formula is C17H24N6O2. The zero-order valence-electron chi connectivity index (χ0n) is 14.5. The van der Waals surface area contributed by atoms with Gasteiger partial charge < -0.3 is 10.4 Å². The van der Waals surface area contributed by atoms with E-state index in [1.54, 1.807) is 0 Å². The van der Waals surface area contributed by atoms with Crippen molar-refractivity contribution in [2.24, 2.45) is 11.8 Å². The van der Waals surface area contributed by atoms with Crippen molar-refractivity contribution in [1.29, 1.82) is 0 Å². The van der Waals surface area contributed by atoms with Crippen molar-refractivity contribution in [3.63, 3.8) is 0 Å². The van der Waals surface area contributed by atoms with Crippen molar-refractivity contribution < 1.29 is 9.90 Å². The molecule has 2 aromatic heterocycles. The van der Waals surface area contributed by atoms with E-state index in [9.17, 15) is 9.90 Å². The monoisotopic (exact) mass is 344 g/mol. The van der Waals surface area contributed by atoms with Gasteiger partial charge in [0.2, 0.25) is 0 Å². The average Bonchev–Trinajstić information content (AvgIpc) is 3.28. The van der Waals surface area contributed by atoms with Gasteiger partial charge in [0.25, 0.3) is 0 Å². The number of hydrogen-bond acceptors (Lipinski definition) is 6. The fourth-order valence-electron chi connectivity index (χ4n) is 3.60. The minimum absolute atomic E-state index is 0.0376. The van der Waals surface area contributed by atoms with Gasteiger partial charge in [-0.15, -0.1) is 5.10 Å². The molecule has 1 fully saturated rings. The zero-order chi connectivity index (χ0) is 17.8. The number of tetrazole rings is 1. The van der Waals surface area contributed by atoms with Crippen LogP contribution in [0.25, 0.3) is 0 Å². The zero-order valence-corrected chi connectivity index (χ0v) is 14.5. The minimum atomic E-state index is -0.835. The highest BCUT2D eigenvalue weighted by Gasteiger charge is 2.34. The van der Waals surface area contributed by atoms with Crippen LogP contribution >= 0.6 is 0 Å². The molecule has 25 heavy (non-hydrogen) atoms. The number of aromatic amines is 1. The third-order valence-corrected chi connectivity index (χ3v) is 4.93. The van der Waals surface area contributed by atoms with E-state index in [1.807, 2.05) is 32.2 Å². The first-order valence-electron chi connectivity index (χ1n) is 8.68. The first-order chi connectivity index (χ1) is 12.1. The van der Waals surface area contributed by atoms with Gasteiger partial charge in [-0.3, -0.25) is 9.78 Å². The highest BCUT2D eigenvalue weighted by molar-refractivity contribution is 5.71. The summed E-state index contributed by atoms with van der Waals surface area (Å²) in [6.07, 6.45) is 3.49. The number of nitrogens with one attached hydrogen (secondary N) is 2. The van der Waals surface area contributed by atoms with E-state index in [0.717, 1.165) is 30.8 Å². The van der Waals surface area contributed by atoms with Crippen molar-refractivity contribution in [3.8, 4) is 0 Å². The summed E-state index contributed by atoms with van der Waals surface area (Å²) in [4.78, 5) is 16.4. The van der Waals surface area contributed by atoms with Crippen LogP contribution in [0.3, 0.4) is 0 Å². The fourth-order valence-corrected chi connectivity index (χ4v) is 3.60. The molecule has 0 amide bonds. The van der Waals surface area contributed by atoms with Gasteiger partial charge in [-0.1, -0.05) is 19.9 Å². The van der Waals surface area contributed by atoms with E-state index in [0.29, 0.717) is 18.2 Å². The topological polar surface area (TPSA) is 117 Å². The number of rotatable bonds is 7. The predicted octanol–water partition coefficient (Wildman–Crippen LogP) is 1.35. The van der Waals surface area contributed by atoms with Crippen molar-refractivity contribution in [3.05, 3.63) is 35.4 Å². The molecule has 8 heteroatoms. The molecule has 8 nitrogen and oxygen atoms in total. The summed E-state index contributed by atoms with van der Waals surface area (Å²) in [7, 11) is 0. The van der Waals surface area contributed by atoms with Crippen LogP contribution in [0.5, 0.6) is 0 Å². The van der Waals surface area contributed by atoms with Crippen molar-refractivity contribution in [1.82, 2.24) is 30.9 Å². The lowest BCUT2D eigenvalue weighted by molar-refractivity contribution is -0.144. The largest absolute Gasteiger partial charge is 0.481 e. The number of carbonyl (C=O) groups is 1. The molecule has 2 aromatic rings. The standard InChI is InChI=1S/C17H24N6O2/c1-10(2)15(17(24)25)13(16-20-22-23-21-16)7-11-3-4-14(19-8-11)12-5-6-18-9-12/h3-4,8,10,12-13,15,18H,5-7,9H2,1-2H3,(H,24,25)(H,20,21,22,23)/t12?,13-,15-/m0/s1. The molecule has 1 aliphatic rings.